The number of amides is 1. The van der Waals surface area contributed by atoms with E-state index in [0.717, 1.165) is 23.3 Å². The summed E-state index contributed by atoms with van der Waals surface area (Å²) in [5, 5.41) is 12.4. The second-order valence-electron chi connectivity index (χ2n) is 7.54. The molecule has 0 radical (unpaired) electrons. The van der Waals surface area contributed by atoms with Gasteiger partial charge in [-0.2, -0.15) is 4.72 Å². The smallest absolute Gasteiger partial charge is 0.321 e. The number of rotatable bonds is 10. The van der Waals surface area contributed by atoms with E-state index < -0.39 is 45.1 Å². The maximum absolute atomic E-state index is 13.7. The minimum atomic E-state index is -4.15. The second-order valence-corrected chi connectivity index (χ2v) is 9.69. The molecular formula is C24H21ClF2N2O5S. The first-order valence-electron chi connectivity index (χ1n) is 10.4. The normalized spacial score (nSPS) is 12.2. The van der Waals surface area contributed by atoms with Gasteiger partial charge in [-0.1, -0.05) is 41.9 Å². The van der Waals surface area contributed by atoms with Gasteiger partial charge in [0.1, 0.15) is 6.04 Å². The van der Waals surface area contributed by atoms with Crippen LogP contribution in [0, 0.1) is 11.6 Å². The number of aliphatic carboxylic acids is 1. The van der Waals surface area contributed by atoms with Gasteiger partial charge in [-0.05, 0) is 60.4 Å². The fourth-order valence-electron chi connectivity index (χ4n) is 3.24. The average Bonchev–Trinajstić information content (AvgIpc) is 2.83. The Morgan fingerprint density at radius 2 is 1.54 bits per heavy atom. The lowest BCUT2D eigenvalue weighted by Crippen LogP contribution is -2.41. The molecule has 7 nitrogen and oxygen atoms in total. The first-order chi connectivity index (χ1) is 16.6. The van der Waals surface area contributed by atoms with Crippen molar-refractivity contribution >= 4 is 33.5 Å². The molecule has 0 fully saturated rings. The van der Waals surface area contributed by atoms with Gasteiger partial charge < -0.3 is 10.4 Å². The molecule has 184 valence electrons. The van der Waals surface area contributed by atoms with Crippen molar-refractivity contribution in [3.8, 4) is 11.1 Å². The maximum Gasteiger partial charge on any atom is 0.321 e. The van der Waals surface area contributed by atoms with Gasteiger partial charge in [0.15, 0.2) is 11.6 Å². The standard InChI is InChI=1S/C24H21ClF2N2O5S/c25-17-10-6-15(7-11-17)16-8-12-18(13-9-16)35(33,34)29-21(24(31)32)5-2-14-28-23(30)19-3-1-4-20(26)22(19)27/h1,3-4,6-13,21,29H,2,5,14H2,(H,28,30)(H,31,32)/t21-/m0/s1. The molecule has 1 amide bonds. The van der Waals surface area contributed by atoms with Crippen LogP contribution in [0.3, 0.4) is 0 Å². The minimum absolute atomic E-state index is 0.0671. The first kappa shape index (κ1) is 26.3. The van der Waals surface area contributed by atoms with Gasteiger partial charge in [0.05, 0.1) is 10.5 Å². The molecule has 0 aromatic heterocycles. The fourth-order valence-corrected chi connectivity index (χ4v) is 4.59. The van der Waals surface area contributed by atoms with Crippen molar-refractivity contribution in [2.45, 2.75) is 23.8 Å². The summed E-state index contributed by atoms with van der Waals surface area (Å²) in [7, 11) is -4.15. The zero-order chi connectivity index (χ0) is 25.6. The van der Waals surface area contributed by atoms with Gasteiger partial charge in [-0.25, -0.2) is 17.2 Å². The fraction of sp³-hybridized carbons (Fsp3) is 0.167. The van der Waals surface area contributed by atoms with Gasteiger partial charge in [0.25, 0.3) is 5.91 Å². The van der Waals surface area contributed by atoms with E-state index in [0.29, 0.717) is 5.02 Å². The Kier molecular flexibility index (Phi) is 8.55. The van der Waals surface area contributed by atoms with Crippen molar-refractivity contribution in [2.75, 3.05) is 6.54 Å². The summed E-state index contributed by atoms with van der Waals surface area (Å²) in [5.74, 6) is -4.72. The number of sulfonamides is 1. The number of carboxylic acids is 1. The Bertz CT molecular complexity index is 1320. The van der Waals surface area contributed by atoms with Crippen LogP contribution in [0.2, 0.25) is 5.02 Å². The van der Waals surface area contributed by atoms with Crippen LogP contribution in [0.4, 0.5) is 8.78 Å². The summed E-state index contributed by atoms with van der Waals surface area (Å²) >= 11 is 5.87. The van der Waals surface area contributed by atoms with Crippen LogP contribution in [0.15, 0.2) is 71.6 Å². The lowest BCUT2D eigenvalue weighted by molar-refractivity contribution is -0.139. The largest absolute Gasteiger partial charge is 0.480 e. The molecule has 0 saturated heterocycles. The maximum atomic E-state index is 13.7. The quantitative estimate of drug-likeness (QED) is 0.345. The third kappa shape index (κ3) is 6.84. The molecule has 0 aliphatic carbocycles. The van der Waals surface area contributed by atoms with Crippen LogP contribution in [0.1, 0.15) is 23.2 Å². The number of carbonyl (C=O) groups is 2. The molecule has 3 N–H and O–H groups in total. The number of hydrogen-bond acceptors (Lipinski definition) is 4. The summed E-state index contributed by atoms with van der Waals surface area (Å²) < 4.78 is 54.5. The van der Waals surface area contributed by atoms with E-state index in [9.17, 15) is 31.9 Å². The minimum Gasteiger partial charge on any atom is -0.480 e. The summed E-state index contributed by atoms with van der Waals surface area (Å²) in [6, 6.07) is 14.6. The Hall–Kier alpha value is -3.34. The zero-order valence-electron chi connectivity index (χ0n) is 18.2. The lowest BCUT2D eigenvalue weighted by atomic mass is 10.1. The number of carboxylic acid groups (broad SMARTS) is 1. The van der Waals surface area contributed by atoms with E-state index in [-0.39, 0.29) is 24.3 Å². The third-order valence-electron chi connectivity index (χ3n) is 5.09. The number of hydrogen-bond donors (Lipinski definition) is 3. The highest BCUT2D eigenvalue weighted by atomic mass is 35.5. The van der Waals surface area contributed by atoms with Crippen LogP contribution in [-0.2, 0) is 14.8 Å². The molecule has 1 atom stereocenters. The average molecular weight is 523 g/mol. The molecule has 35 heavy (non-hydrogen) atoms. The van der Waals surface area contributed by atoms with Gasteiger partial charge >= 0.3 is 5.97 Å². The van der Waals surface area contributed by atoms with Crippen molar-refractivity contribution < 1.29 is 31.9 Å². The second kappa shape index (κ2) is 11.4. The molecule has 0 saturated carbocycles. The third-order valence-corrected chi connectivity index (χ3v) is 6.83. The monoisotopic (exact) mass is 522 g/mol. The van der Waals surface area contributed by atoms with Crippen molar-refractivity contribution in [3.05, 3.63) is 89.0 Å². The summed E-state index contributed by atoms with van der Waals surface area (Å²) in [4.78, 5) is 23.5. The number of carbonyl (C=O) groups excluding carboxylic acids is 1. The first-order valence-corrected chi connectivity index (χ1v) is 12.3. The van der Waals surface area contributed by atoms with Crippen LogP contribution in [-0.4, -0.2) is 38.0 Å². The highest BCUT2D eigenvalue weighted by molar-refractivity contribution is 7.89. The molecule has 0 unspecified atom stereocenters. The van der Waals surface area contributed by atoms with Crippen molar-refractivity contribution in [3.63, 3.8) is 0 Å². The SMILES string of the molecule is O=C(NCCC[C@H](NS(=O)(=O)c1ccc(-c2ccc(Cl)cc2)cc1)C(=O)O)c1cccc(F)c1F. The van der Waals surface area contributed by atoms with Gasteiger partial charge in [-0.15, -0.1) is 0 Å². The molecule has 0 heterocycles. The molecule has 3 aromatic rings. The molecular weight excluding hydrogens is 502 g/mol. The Labute approximate surface area is 205 Å². The van der Waals surface area contributed by atoms with Crippen LogP contribution in [0.5, 0.6) is 0 Å². The van der Waals surface area contributed by atoms with Gasteiger partial charge in [0.2, 0.25) is 10.0 Å². The molecule has 0 spiro atoms. The highest BCUT2D eigenvalue weighted by Gasteiger charge is 2.25. The van der Waals surface area contributed by atoms with Crippen molar-refractivity contribution in [1.82, 2.24) is 10.0 Å². The highest BCUT2D eigenvalue weighted by Crippen LogP contribution is 2.23. The lowest BCUT2D eigenvalue weighted by Gasteiger charge is -2.15. The van der Waals surface area contributed by atoms with E-state index in [2.05, 4.69) is 10.0 Å². The van der Waals surface area contributed by atoms with Crippen LogP contribution < -0.4 is 10.0 Å². The van der Waals surface area contributed by atoms with E-state index in [1.54, 1.807) is 36.4 Å². The molecule has 3 aromatic carbocycles. The summed E-state index contributed by atoms with van der Waals surface area (Å²) in [5.41, 5.74) is 1.10. The Morgan fingerprint density at radius 1 is 0.943 bits per heavy atom. The van der Waals surface area contributed by atoms with Gasteiger partial charge in [0, 0.05) is 11.6 Å². The molecule has 0 aliphatic heterocycles. The molecule has 0 aliphatic rings. The number of benzene rings is 3. The van der Waals surface area contributed by atoms with Crippen LogP contribution >= 0.6 is 11.6 Å². The van der Waals surface area contributed by atoms with E-state index in [4.69, 9.17) is 11.6 Å². The Morgan fingerprint density at radius 3 is 2.14 bits per heavy atom. The van der Waals surface area contributed by atoms with E-state index >= 15 is 0 Å². The molecule has 0 bridgehead atoms. The topological polar surface area (TPSA) is 113 Å². The number of nitrogens with one attached hydrogen (secondary N) is 2. The van der Waals surface area contributed by atoms with Crippen molar-refractivity contribution in [1.29, 1.82) is 0 Å². The predicted molar refractivity (Wildman–Crippen MR) is 127 cm³/mol. The zero-order valence-corrected chi connectivity index (χ0v) is 19.7. The van der Waals surface area contributed by atoms with E-state index in [1.807, 2.05) is 0 Å². The number of halogens is 3. The predicted octanol–water partition coefficient (Wildman–Crippen LogP) is 4.23. The summed E-state index contributed by atoms with van der Waals surface area (Å²) in [6.07, 6.45) is -0.0823. The van der Waals surface area contributed by atoms with Gasteiger partial charge in [-0.3, -0.25) is 9.59 Å². The summed E-state index contributed by atoms with van der Waals surface area (Å²) in [6.45, 7) is -0.0733. The van der Waals surface area contributed by atoms with Crippen molar-refractivity contribution in [2.24, 2.45) is 0 Å². The molecule has 11 heteroatoms. The van der Waals surface area contributed by atoms with Crippen LogP contribution in [0.25, 0.3) is 11.1 Å². The Balaban J connectivity index is 1.59. The molecule has 3 rings (SSSR count). The van der Waals surface area contributed by atoms with E-state index in [1.165, 1.54) is 18.2 Å².